The first-order chi connectivity index (χ1) is 6.33. The van der Waals surface area contributed by atoms with Crippen LogP contribution in [0, 0.1) is 0 Å². The van der Waals surface area contributed by atoms with E-state index in [4.69, 9.17) is 5.73 Å². The van der Waals surface area contributed by atoms with E-state index in [2.05, 4.69) is 11.9 Å². The molecule has 0 aromatic carbocycles. The van der Waals surface area contributed by atoms with E-state index < -0.39 is 0 Å². The highest BCUT2D eigenvalue weighted by atomic mass is 14.9. The van der Waals surface area contributed by atoms with Gasteiger partial charge in [0.25, 0.3) is 0 Å². The van der Waals surface area contributed by atoms with Gasteiger partial charge in [0.05, 0.1) is 0 Å². The molecule has 1 fully saturated rings. The molecule has 0 bridgehead atoms. The van der Waals surface area contributed by atoms with Gasteiger partial charge in [0, 0.05) is 11.7 Å². The van der Waals surface area contributed by atoms with Crippen molar-refractivity contribution < 1.29 is 0 Å². The van der Waals surface area contributed by atoms with Gasteiger partial charge in [-0.15, -0.1) is 0 Å². The summed E-state index contributed by atoms with van der Waals surface area (Å²) >= 11 is 0. The minimum Gasteiger partial charge on any atom is -0.386 e. The molecule has 0 unspecified atom stereocenters. The first-order valence-electron chi connectivity index (χ1n) is 5.47. The second-order valence-electron chi connectivity index (χ2n) is 3.98. The van der Waals surface area contributed by atoms with Crippen molar-refractivity contribution in [3.8, 4) is 0 Å². The van der Waals surface area contributed by atoms with Gasteiger partial charge in [-0.1, -0.05) is 25.8 Å². The van der Waals surface area contributed by atoms with Gasteiger partial charge >= 0.3 is 0 Å². The highest BCUT2D eigenvalue weighted by Crippen LogP contribution is 2.18. The Morgan fingerprint density at radius 1 is 1.31 bits per heavy atom. The summed E-state index contributed by atoms with van der Waals surface area (Å²) in [5.74, 6) is 0. The Morgan fingerprint density at radius 3 is 2.62 bits per heavy atom. The summed E-state index contributed by atoms with van der Waals surface area (Å²) in [6, 6.07) is 0.694. The molecule has 0 radical (unpaired) electrons. The van der Waals surface area contributed by atoms with Gasteiger partial charge in [0.2, 0.25) is 0 Å². The van der Waals surface area contributed by atoms with Crippen molar-refractivity contribution in [2.45, 2.75) is 51.0 Å². The molecule has 0 atom stereocenters. The van der Waals surface area contributed by atoms with Crippen LogP contribution in [0.25, 0.3) is 0 Å². The molecular formula is C11H22N2. The van der Waals surface area contributed by atoms with E-state index in [1.807, 2.05) is 0 Å². The van der Waals surface area contributed by atoms with Crippen molar-refractivity contribution in [2.24, 2.45) is 5.73 Å². The average molecular weight is 182 g/mol. The van der Waals surface area contributed by atoms with Gasteiger partial charge in [-0.2, -0.15) is 0 Å². The SMILES string of the molecule is C=C(CCCN)NC1CCCCC1. The topological polar surface area (TPSA) is 38.0 Å². The Hall–Kier alpha value is -0.500. The Kier molecular flexibility index (Phi) is 4.91. The predicted octanol–water partition coefficient (Wildman–Crippen LogP) is 2.16. The molecular weight excluding hydrogens is 160 g/mol. The summed E-state index contributed by atoms with van der Waals surface area (Å²) in [5.41, 5.74) is 6.62. The van der Waals surface area contributed by atoms with Crippen LogP contribution < -0.4 is 11.1 Å². The van der Waals surface area contributed by atoms with E-state index in [0.717, 1.165) is 19.4 Å². The fraction of sp³-hybridized carbons (Fsp3) is 0.818. The minimum atomic E-state index is 0.694. The predicted molar refractivity (Wildman–Crippen MR) is 57.4 cm³/mol. The molecule has 0 aromatic heterocycles. The van der Waals surface area contributed by atoms with E-state index in [1.165, 1.54) is 37.8 Å². The maximum atomic E-state index is 5.44. The van der Waals surface area contributed by atoms with Crippen LogP contribution >= 0.6 is 0 Å². The summed E-state index contributed by atoms with van der Waals surface area (Å²) < 4.78 is 0. The van der Waals surface area contributed by atoms with E-state index in [1.54, 1.807) is 0 Å². The summed E-state index contributed by atoms with van der Waals surface area (Å²) in [6.07, 6.45) is 8.89. The fourth-order valence-electron chi connectivity index (χ4n) is 1.92. The van der Waals surface area contributed by atoms with Crippen LogP contribution in [0.4, 0.5) is 0 Å². The van der Waals surface area contributed by atoms with Crippen LogP contribution in [0.5, 0.6) is 0 Å². The quantitative estimate of drug-likeness (QED) is 0.684. The van der Waals surface area contributed by atoms with Crippen molar-refractivity contribution in [1.82, 2.24) is 5.32 Å². The molecule has 2 heteroatoms. The summed E-state index contributed by atoms with van der Waals surface area (Å²) in [4.78, 5) is 0. The molecule has 1 saturated carbocycles. The first-order valence-corrected chi connectivity index (χ1v) is 5.47. The number of hydrogen-bond acceptors (Lipinski definition) is 2. The lowest BCUT2D eigenvalue weighted by Gasteiger charge is -2.24. The molecule has 1 aliphatic rings. The maximum absolute atomic E-state index is 5.44. The Morgan fingerprint density at radius 2 is 2.00 bits per heavy atom. The molecule has 3 N–H and O–H groups in total. The molecule has 13 heavy (non-hydrogen) atoms. The molecule has 0 saturated heterocycles. The zero-order chi connectivity index (χ0) is 9.52. The zero-order valence-electron chi connectivity index (χ0n) is 8.52. The Balaban J connectivity index is 2.11. The van der Waals surface area contributed by atoms with Gasteiger partial charge in [-0.3, -0.25) is 0 Å². The van der Waals surface area contributed by atoms with Crippen LogP contribution in [0.2, 0.25) is 0 Å². The number of rotatable bonds is 5. The van der Waals surface area contributed by atoms with Gasteiger partial charge in [0.1, 0.15) is 0 Å². The monoisotopic (exact) mass is 182 g/mol. The van der Waals surface area contributed by atoms with Gasteiger partial charge < -0.3 is 11.1 Å². The Bertz CT molecular complexity index is 148. The van der Waals surface area contributed by atoms with Crippen molar-refractivity contribution >= 4 is 0 Å². The molecule has 1 aliphatic carbocycles. The lowest BCUT2D eigenvalue weighted by atomic mass is 9.95. The molecule has 0 amide bonds. The van der Waals surface area contributed by atoms with E-state index in [0.29, 0.717) is 6.04 Å². The van der Waals surface area contributed by atoms with Crippen molar-refractivity contribution in [2.75, 3.05) is 6.54 Å². The smallest absolute Gasteiger partial charge is 0.0258 e. The lowest BCUT2D eigenvalue weighted by Crippen LogP contribution is -2.30. The molecule has 1 rings (SSSR count). The highest BCUT2D eigenvalue weighted by molar-refractivity contribution is 4.94. The van der Waals surface area contributed by atoms with Crippen LogP contribution in [-0.2, 0) is 0 Å². The largest absolute Gasteiger partial charge is 0.386 e. The van der Waals surface area contributed by atoms with Crippen LogP contribution in [-0.4, -0.2) is 12.6 Å². The van der Waals surface area contributed by atoms with Crippen molar-refractivity contribution in [3.63, 3.8) is 0 Å². The number of nitrogens with one attached hydrogen (secondary N) is 1. The molecule has 0 heterocycles. The van der Waals surface area contributed by atoms with Crippen molar-refractivity contribution in [1.29, 1.82) is 0 Å². The Labute approximate surface area is 81.6 Å². The zero-order valence-corrected chi connectivity index (χ0v) is 8.52. The third-order valence-electron chi connectivity index (χ3n) is 2.70. The minimum absolute atomic E-state index is 0.694. The summed E-state index contributed by atoms with van der Waals surface area (Å²) in [7, 11) is 0. The third kappa shape index (κ3) is 4.32. The van der Waals surface area contributed by atoms with Crippen LogP contribution in [0.3, 0.4) is 0 Å². The number of allylic oxidation sites excluding steroid dienone is 1. The molecule has 0 spiro atoms. The standard InChI is InChI=1S/C11H22N2/c1-10(6-5-9-12)13-11-7-3-2-4-8-11/h11,13H,1-9,12H2. The van der Waals surface area contributed by atoms with Gasteiger partial charge in [0.15, 0.2) is 0 Å². The average Bonchev–Trinajstić information content (AvgIpc) is 2.16. The summed E-state index contributed by atoms with van der Waals surface area (Å²) in [5, 5.41) is 3.50. The van der Waals surface area contributed by atoms with Gasteiger partial charge in [-0.25, -0.2) is 0 Å². The molecule has 76 valence electrons. The second kappa shape index (κ2) is 6.03. The number of nitrogens with two attached hydrogens (primary N) is 1. The third-order valence-corrected chi connectivity index (χ3v) is 2.70. The molecule has 2 nitrogen and oxygen atoms in total. The first kappa shape index (κ1) is 10.6. The van der Waals surface area contributed by atoms with Crippen molar-refractivity contribution in [3.05, 3.63) is 12.3 Å². The summed E-state index contributed by atoms with van der Waals surface area (Å²) in [6.45, 7) is 4.79. The normalized spacial score (nSPS) is 18.5. The fourth-order valence-corrected chi connectivity index (χ4v) is 1.92. The highest BCUT2D eigenvalue weighted by Gasteiger charge is 2.12. The van der Waals surface area contributed by atoms with Gasteiger partial charge in [-0.05, 0) is 32.2 Å². The van der Waals surface area contributed by atoms with E-state index in [-0.39, 0.29) is 0 Å². The molecule has 0 aliphatic heterocycles. The maximum Gasteiger partial charge on any atom is 0.0258 e. The lowest BCUT2D eigenvalue weighted by molar-refractivity contribution is 0.392. The van der Waals surface area contributed by atoms with E-state index >= 15 is 0 Å². The van der Waals surface area contributed by atoms with Crippen LogP contribution in [0.1, 0.15) is 44.9 Å². The van der Waals surface area contributed by atoms with E-state index in [9.17, 15) is 0 Å². The van der Waals surface area contributed by atoms with Crippen LogP contribution in [0.15, 0.2) is 12.3 Å². The second-order valence-corrected chi connectivity index (χ2v) is 3.98. The molecule has 0 aromatic rings. The number of hydrogen-bond donors (Lipinski definition) is 2.